The van der Waals surface area contributed by atoms with Crippen molar-refractivity contribution in [3.05, 3.63) is 66.5 Å². The van der Waals surface area contributed by atoms with E-state index in [1.165, 1.54) is 0 Å². The second kappa shape index (κ2) is 7.61. The molecule has 0 aliphatic carbocycles. The van der Waals surface area contributed by atoms with Crippen LogP contribution in [0.4, 0.5) is 0 Å². The summed E-state index contributed by atoms with van der Waals surface area (Å²) in [6.07, 6.45) is 7.72. The second-order valence-electron chi connectivity index (χ2n) is 4.88. The van der Waals surface area contributed by atoms with E-state index in [0.717, 1.165) is 22.5 Å². The number of halogens is 1. The van der Waals surface area contributed by atoms with Crippen LogP contribution in [0.5, 0.6) is 0 Å². The van der Waals surface area contributed by atoms with Gasteiger partial charge in [0.25, 0.3) is 0 Å². The molecule has 23 heavy (non-hydrogen) atoms. The molecular formula is C18H18ClN3O. The smallest absolute Gasteiger partial charge is 0.359 e. The molecule has 1 aromatic carbocycles. The van der Waals surface area contributed by atoms with E-state index in [4.69, 9.17) is 10.1 Å². The summed E-state index contributed by atoms with van der Waals surface area (Å²) in [4.78, 5) is 4.61. The topological polar surface area (TPSA) is 52.1 Å². The van der Waals surface area contributed by atoms with E-state index < -0.39 is 0 Å². The standard InChI is InChI=1S/C18H17N3O.ClH/c1-2-22-17(19)11-8-14-6-9-15(10-7-14)16-13-21-12-4-3-5-18(21)20-16;/h3-13,19H,2H2,1H3;1H/b11-8+,19-17?;. The number of pyridine rings is 1. The predicted octanol–water partition coefficient (Wildman–Crippen LogP) is -0.787. The molecule has 0 unspecified atom stereocenters. The molecular weight excluding hydrogens is 310 g/mol. The van der Waals surface area contributed by atoms with Gasteiger partial charge in [-0.15, -0.1) is 0 Å². The number of nitrogens with zero attached hydrogens (tertiary/aromatic N) is 2. The van der Waals surface area contributed by atoms with E-state index >= 15 is 0 Å². The van der Waals surface area contributed by atoms with Crippen molar-refractivity contribution >= 4 is 17.6 Å². The molecule has 118 valence electrons. The summed E-state index contributed by atoms with van der Waals surface area (Å²) in [5.74, 6) is 0.423. The minimum atomic E-state index is 0. The number of nitrogens with two attached hydrogens (primary N) is 1. The average molecular weight is 328 g/mol. The zero-order chi connectivity index (χ0) is 15.4. The molecule has 0 saturated carbocycles. The van der Waals surface area contributed by atoms with Crippen LogP contribution in [-0.4, -0.2) is 21.9 Å². The number of hydrogen-bond donors (Lipinski definition) is 1. The van der Waals surface area contributed by atoms with Gasteiger partial charge in [0.15, 0.2) is 0 Å². The van der Waals surface area contributed by atoms with Crippen molar-refractivity contribution in [2.45, 2.75) is 6.92 Å². The van der Waals surface area contributed by atoms with Gasteiger partial charge in [-0.2, -0.15) is 0 Å². The Morgan fingerprint density at radius 3 is 2.70 bits per heavy atom. The third-order valence-corrected chi connectivity index (χ3v) is 3.32. The largest absolute Gasteiger partial charge is 1.00 e. The molecule has 2 heterocycles. The Labute approximate surface area is 141 Å². The third kappa shape index (κ3) is 3.99. The second-order valence-corrected chi connectivity index (χ2v) is 4.88. The molecule has 0 spiro atoms. The summed E-state index contributed by atoms with van der Waals surface area (Å²) in [5.41, 5.74) is 4.06. The molecule has 0 amide bonds. The normalized spacial score (nSPS) is 10.7. The number of ether oxygens (including phenoxy) is 1. The van der Waals surface area contributed by atoms with Crippen LogP contribution in [0.25, 0.3) is 23.0 Å². The predicted molar refractivity (Wildman–Crippen MR) is 88.2 cm³/mol. The van der Waals surface area contributed by atoms with Crippen molar-refractivity contribution in [2.24, 2.45) is 0 Å². The summed E-state index contributed by atoms with van der Waals surface area (Å²) >= 11 is 0. The maximum absolute atomic E-state index is 5.69. The maximum Gasteiger partial charge on any atom is 0.359 e. The Morgan fingerprint density at radius 1 is 1.22 bits per heavy atom. The van der Waals surface area contributed by atoms with E-state index in [2.05, 4.69) is 17.1 Å². The molecule has 0 saturated heterocycles. The number of aromatic nitrogens is 2. The lowest BCUT2D eigenvalue weighted by atomic mass is 10.1. The van der Waals surface area contributed by atoms with Gasteiger partial charge < -0.3 is 21.5 Å². The Hall–Kier alpha value is -2.59. The first-order valence-electron chi connectivity index (χ1n) is 7.24. The minimum Gasteiger partial charge on any atom is -1.00 e. The first-order valence-corrected chi connectivity index (χ1v) is 7.24. The molecule has 0 fully saturated rings. The number of benzene rings is 1. The fraction of sp³-hybridized carbons (Fsp3) is 0.111. The first kappa shape index (κ1) is 16.8. The summed E-state index contributed by atoms with van der Waals surface area (Å²) in [7, 11) is 0. The van der Waals surface area contributed by atoms with Gasteiger partial charge in [0.2, 0.25) is 0 Å². The summed E-state index contributed by atoms with van der Waals surface area (Å²) in [6.45, 7) is 2.48. The zero-order valence-electron chi connectivity index (χ0n) is 12.8. The van der Waals surface area contributed by atoms with Crippen LogP contribution in [0, 0.1) is 0 Å². The van der Waals surface area contributed by atoms with Crippen molar-refractivity contribution in [3.8, 4) is 11.3 Å². The monoisotopic (exact) mass is 327 g/mol. The Morgan fingerprint density at radius 2 is 2.00 bits per heavy atom. The van der Waals surface area contributed by atoms with E-state index in [9.17, 15) is 0 Å². The van der Waals surface area contributed by atoms with Gasteiger partial charge in [-0.1, -0.05) is 30.3 Å². The van der Waals surface area contributed by atoms with Crippen LogP contribution >= 0.6 is 0 Å². The molecule has 4 nitrogen and oxygen atoms in total. The lowest BCUT2D eigenvalue weighted by Crippen LogP contribution is -3.00. The molecule has 0 aliphatic rings. The summed E-state index contributed by atoms with van der Waals surface area (Å²) in [5, 5.41) is 5.69. The molecule has 0 bridgehead atoms. The first-order chi connectivity index (χ1) is 10.8. The Balaban J connectivity index is 0.00000192. The number of imidazole rings is 1. The van der Waals surface area contributed by atoms with Crippen LogP contribution in [-0.2, 0) is 4.74 Å². The molecule has 3 rings (SSSR count). The van der Waals surface area contributed by atoms with E-state index in [-0.39, 0.29) is 12.4 Å². The number of fused-ring (bicyclic) bond motifs is 1. The zero-order valence-corrected chi connectivity index (χ0v) is 13.6. The molecule has 3 aromatic rings. The molecule has 2 N–H and O–H groups in total. The van der Waals surface area contributed by atoms with Gasteiger partial charge in [-0.25, -0.2) is 10.4 Å². The van der Waals surface area contributed by atoms with Crippen LogP contribution in [0.2, 0.25) is 0 Å². The molecule has 0 aliphatic heterocycles. The van der Waals surface area contributed by atoms with E-state index in [1.807, 2.05) is 60.1 Å². The highest BCUT2D eigenvalue weighted by molar-refractivity contribution is 5.87. The molecule has 2 aromatic heterocycles. The molecule has 5 heteroatoms. The highest BCUT2D eigenvalue weighted by Gasteiger charge is 2.03. The summed E-state index contributed by atoms with van der Waals surface area (Å²) in [6, 6.07) is 14.2. The summed E-state index contributed by atoms with van der Waals surface area (Å²) < 4.78 is 7.20. The quantitative estimate of drug-likeness (QED) is 0.504. The third-order valence-electron chi connectivity index (χ3n) is 3.32. The van der Waals surface area contributed by atoms with Crippen molar-refractivity contribution in [3.63, 3.8) is 0 Å². The minimum absolute atomic E-state index is 0. The van der Waals surface area contributed by atoms with Crippen molar-refractivity contribution in [2.75, 3.05) is 6.61 Å². The Kier molecular flexibility index (Phi) is 5.55. The van der Waals surface area contributed by atoms with Crippen LogP contribution in [0.1, 0.15) is 12.5 Å². The van der Waals surface area contributed by atoms with Crippen LogP contribution < -0.4 is 17.8 Å². The fourth-order valence-electron chi connectivity index (χ4n) is 2.23. The Bertz CT molecular complexity index is 789. The number of rotatable bonds is 4. The van der Waals surface area contributed by atoms with Gasteiger partial charge in [-0.3, -0.25) is 0 Å². The van der Waals surface area contributed by atoms with Gasteiger partial charge >= 0.3 is 5.90 Å². The highest BCUT2D eigenvalue weighted by Crippen LogP contribution is 2.20. The van der Waals surface area contributed by atoms with Gasteiger partial charge in [0, 0.05) is 18.0 Å². The highest BCUT2D eigenvalue weighted by atomic mass is 35.5. The lowest BCUT2D eigenvalue weighted by molar-refractivity contribution is -0.137. The van der Waals surface area contributed by atoms with Gasteiger partial charge in [0.1, 0.15) is 5.65 Å². The fourth-order valence-corrected chi connectivity index (χ4v) is 2.23. The van der Waals surface area contributed by atoms with E-state index in [1.54, 1.807) is 6.08 Å². The van der Waals surface area contributed by atoms with Crippen LogP contribution in [0.3, 0.4) is 0 Å². The van der Waals surface area contributed by atoms with Gasteiger partial charge in [0.05, 0.1) is 18.4 Å². The van der Waals surface area contributed by atoms with Gasteiger partial charge in [-0.05, 0) is 30.7 Å². The molecule has 0 atom stereocenters. The SMILES string of the molecule is CCOC(=[NH2+])/C=C/c1ccc(-c2cn3ccccc3n2)cc1.[Cl-]. The number of hydrogen-bond acceptors (Lipinski definition) is 2. The van der Waals surface area contributed by atoms with Crippen molar-refractivity contribution in [1.82, 2.24) is 9.38 Å². The van der Waals surface area contributed by atoms with Crippen molar-refractivity contribution in [1.29, 1.82) is 0 Å². The lowest BCUT2D eigenvalue weighted by Gasteiger charge is -1.98. The van der Waals surface area contributed by atoms with Crippen molar-refractivity contribution < 1.29 is 22.6 Å². The van der Waals surface area contributed by atoms with E-state index in [0.29, 0.717) is 12.5 Å². The van der Waals surface area contributed by atoms with Crippen LogP contribution in [0.15, 0.2) is 60.9 Å². The maximum atomic E-state index is 5.69. The molecule has 0 radical (unpaired) electrons. The average Bonchev–Trinajstić information content (AvgIpc) is 2.98.